The van der Waals surface area contributed by atoms with Gasteiger partial charge in [0.25, 0.3) is 0 Å². The monoisotopic (exact) mass is 420 g/mol. The first-order valence-corrected chi connectivity index (χ1v) is 6.76. The molecule has 0 aliphatic carbocycles. The average molecular weight is 420 g/mol. The van der Waals surface area contributed by atoms with Crippen molar-refractivity contribution in [1.82, 2.24) is 10.6 Å². The number of aliphatic imine (C=N–C) groups is 1. The summed E-state index contributed by atoms with van der Waals surface area (Å²) in [5.41, 5.74) is 6.45. The van der Waals surface area contributed by atoms with Crippen LogP contribution in [-0.4, -0.2) is 38.2 Å². The Labute approximate surface area is 148 Å². The summed E-state index contributed by atoms with van der Waals surface area (Å²) in [5.74, 6) is 0.241. The largest absolute Gasteiger partial charge is 0.377 e. The van der Waals surface area contributed by atoms with Crippen molar-refractivity contribution in [3.8, 4) is 0 Å². The van der Waals surface area contributed by atoms with Crippen molar-refractivity contribution in [2.24, 2.45) is 10.7 Å². The summed E-state index contributed by atoms with van der Waals surface area (Å²) >= 11 is 0. The first-order valence-electron chi connectivity index (χ1n) is 6.76. The van der Waals surface area contributed by atoms with Gasteiger partial charge in [0.05, 0.1) is 5.60 Å². The molecule has 124 valence electrons. The lowest BCUT2D eigenvalue weighted by molar-refractivity contribution is 0.0268. The standard InChI is InChI=1S/C15H24N4O2.HI/c1-15(2,21-4)10-19-14(17-3)18-9-11-6-5-7-12(8-11)13(16)20;/h5-8H,9-10H2,1-4H3,(H2,16,20)(H2,17,18,19);1H. The first kappa shape index (κ1) is 20.6. The lowest BCUT2D eigenvalue weighted by Crippen LogP contribution is -2.45. The van der Waals surface area contributed by atoms with Gasteiger partial charge in [-0.05, 0) is 31.5 Å². The van der Waals surface area contributed by atoms with Crippen molar-refractivity contribution in [3.63, 3.8) is 0 Å². The molecule has 0 spiro atoms. The maximum Gasteiger partial charge on any atom is 0.248 e. The number of rotatable bonds is 6. The highest BCUT2D eigenvalue weighted by Crippen LogP contribution is 2.05. The molecular formula is C15H25IN4O2. The zero-order chi connectivity index (χ0) is 15.9. The van der Waals surface area contributed by atoms with E-state index in [0.717, 1.165) is 5.56 Å². The number of amides is 1. The molecule has 0 saturated heterocycles. The zero-order valence-electron chi connectivity index (χ0n) is 13.5. The molecule has 0 atom stereocenters. The van der Waals surface area contributed by atoms with Crippen LogP contribution in [0.15, 0.2) is 29.3 Å². The lowest BCUT2D eigenvalue weighted by Gasteiger charge is -2.24. The second-order valence-electron chi connectivity index (χ2n) is 5.31. The Hall–Kier alpha value is -1.35. The summed E-state index contributed by atoms with van der Waals surface area (Å²) in [4.78, 5) is 15.3. The summed E-state index contributed by atoms with van der Waals surface area (Å²) in [6.07, 6.45) is 0. The second kappa shape index (κ2) is 9.62. The predicted molar refractivity (Wildman–Crippen MR) is 99.7 cm³/mol. The van der Waals surface area contributed by atoms with Crippen LogP contribution in [0.3, 0.4) is 0 Å². The van der Waals surface area contributed by atoms with Crippen LogP contribution in [0.25, 0.3) is 0 Å². The molecule has 0 bridgehead atoms. The summed E-state index contributed by atoms with van der Waals surface area (Å²) in [6, 6.07) is 7.19. The van der Waals surface area contributed by atoms with E-state index in [1.807, 2.05) is 19.9 Å². The molecule has 0 aliphatic heterocycles. The second-order valence-corrected chi connectivity index (χ2v) is 5.31. The van der Waals surface area contributed by atoms with Gasteiger partial charge in [0.15, 0.2) is 5.96 Å². The molecule has 4 N–H and O–H groups in total. The number of hydrogen-bond acceptors (Lipinski definition) is 3. The number of benzene rings is 1. The molecule has 0 unspecified atom stereocenters. The molecule has 0 heterocycles. The molecule has 1 aromatic rings. The van der Waals surface area contributed by atoms with Crippen LogP contribution in [0.4, 0.5) is 0 Å². The van der Waals surface area contributed by atoms with Gasteiger partial charge in [0.1, 0.15) is 0 Å². The van der Waals surface area contributed by atoms with Gasteiger partial charge in [0.2, 0.25) is 5.91 Å². The molecule has 1 amide bonds. The number of halogens is 1. The van der Waals surface area contributed by atoms with E-state index in [2.05, 4.69) is 15.6 Å². The maximum absolute atomic E-state index is 11.1. The van der Waals surface area contributed by atoms with Gasteiger partial charge >= 0.3 is 0 Å². The minimum atomic E-state index is -0.429. The number of primary amides is 1. The van der Waals surface area contributed by atoms with Crippen molar-refractivity contribution < 1.29 is 9.53 Å². The highest BCUT2D eigenvalue weighted by Gasteiger charge is 2.16. The number of guanidine groups is 1. The molecule has 1 rings (SSSR count). The number of nitrogens with zero attached hydrogens (tertiary/aromatic N) is 1. The summed E-state index contributed by atoms with van der Waals surface area (Å²) in [5, 5.41) is 6.37. The molecular weight excluding hydrogens is 395 g/mol. The molecule has 0 fully saturated rings. The summed E-state index contributed by atoms with van der Waals surface area (Å²) in [7, 11) is 3.38. The molecule has 22 heavy (non-hydrogen) atoms. The molecule has 0 radical (unpaired) electrons. The van der Waals surface area contributed by atoms with Gasteiger partial charge in [-0.25, -0.2) is 0 Å². The number of hydrogen-bond donors (Lipinski definition) is 3. The topological polar surface area (TPSA) is 88.7 Å². The van der Waals surface area contributed by atoms with E-state index in [9.17, 15) is 4.79 Å². The third-order valence-electron chi connectivity index (χ3n) is 3.13. The lowest BCUT2D eigenvalue weighted by atomic mass is 10.1. The van der Waals surface area contributed by atoms with Gasteiger partial charge in [0, 0.05) is 32.8 Å². The molecule has 1 aromatic carbocycles. The van der Waals surface area contributed by atoms with Crippen LogP contribution in [0, 0.1) is 0 Å². The van der Waals surface area contributed by atoms with E-state index < -0.39 is 5.91 Å². The number of carbonyl (C=O) groups excluding carboxylic acids is 1. The van der Waals surface area contributed by atoms with Crippen LogP contribution >= 0.6 is 24.0 Å². The van der Waals surface area contributed by atoms with E-state index >= 15 is 0 Å². The van der Waals surface area contributed by atoms with E-state index in [0.29, 0.717) is 24.6 Å². The van der Waals surface area contributed by atoms with Crippen molar-refractivity contribution in [3.05, 3.63) is 35.4 Å². The number of ether oxygens (including phenoxy) is 1. The Kier molecular flexibility index (Phi) is 9.03. The Balaban J connectivity index is 0.00000441. The van der Waals surface area contributed by atoms with E-state index in [-0.39, 0.29) is 29.6 Å². The Bertz CT molecular complexity index is 518. The maximum atomic E-state index is 11.1. The van der Waals surface area contributed by atoms with Crippen LogP contribution in [-0.2, 0) is 11.3 Å². The number of methoxy groups -OCH3 is 1. The molecule has 0 aliphatic rings. The predicted octanol–water partition coefficient (Wildman–Crippen LogP) is 1.49. The van der Waals surface area contributed by atoms with Crippen molar-refractivity contribution in [2.45, 2.75) is 26.0 Å². The Morgan fingerprint density at radius 2 is 2.05 bits per heavy atom. The van der Waals surface area contributed by atoms with Crippen molar-refractivity contribution in [1.29, 1.82) is 0 Å². The highest BCUT2D eigenvalue weighted by molar-refractivity contribution is 14.0. The van der Waals surface area contributed by atoms with Crippen LogP contribution < -0.4 is 16.4 Å². The van der Waals surface area contributed by atoms with Crippen LogP contribution in [0.5, 0.6) is 0 Å². The van der Waals surface area contributed by atoms with Crippen molar-refractivity contribution >= 4 is 35.8 Å². The summed E-state index contributed by atoms with van der Waals surface area (Å²) < 4.78 is 5.34. The average Bonchev–Trinajstić information content (AvgIpc) is 2.47. The summed E-state index contributed by atoms with van der Waals surface area (Å²) in [6.45, 7) is 5.16. The van der Waals surface area contributed by atoms with Gasteiger partial charge in [-0.1, -0.05) is 12.1 Å². The minimum Gasteiger partial charge on any atom is -0.377 e. The molecule has 7 heteroatoms. The number of nitrogens with one attached hydrogen (secondary N) is 2. The van der Waals surface area contributed by atoms with E-state index in [1.165, 1.54) is 0 Å². The molecule has 0 aromatic heterocycles. The Morgan fingerprint density at radius 3 is 2.59 bits per heavy atom. The van der Waals surface area contributed by atoms with Gasteiger partial charge in [-0.3, -0.25) is 9.79 Å². The fourth-order valence-electron chi connectivity index (χ4n) is 1.61. The first-order chi connectivity index (χ1) is 9.88. The van der Waals surface area contributed by atoms with Gasteiger partial charge < -0.3 is 21.1 Å². The van der Waals surface area contributed by atoms with Gasteiger partial charge in [-0.15, -0.1) is 24.0 Å². The third kappa shape index (κ3) is 7.08. The smallest absolute Gasteiger partial charge is 0.248 e. The normalized spacial score (nSPS) is 11.5. The quantitative estimate of drug-likeness (QED) is 0.370. The van der Waals surface area contributed by atoms with Gasteiger partial charge in [-0.2, -0.15) is 0 Å². The SMILES string of the molecule is CN=C(NCc1cccc(C(N)=O)c1)NCC(C)(C)OC.I. The zero-order valence-corrected chi connectivity index (χ0v) is 15.8. The fraction of sp³-hybridized carbons (Fsp3) is 0.467. The number of carbonyl (C=O) groups is 1. The fourth-order valence-corrected chi connectivity index (χ4v) is 1.61. The highest BCUT2D eigenvalue weighted by atomic mass is 127. The minimum absolute atomic E-state index is 0. The molecule has 0 saturated carbocycles. The Morgan fingerprint density at radius 1 is 1.36 bits per heavy atom. The third-order valence-corrected chi connectivity index (χ3v) is 3.13. The van der Waals surface area contributed by atoms with Crippen LogP contribution in [0.1, 0.15) is 29.8 Å². The van der Waals surface area contributed by atoms with Crippen LogP contribution in [0.2, 0.25) is 0 Å². The van der Waals surface area contributed by atoms with Crippen molar-refractivity contribution in [2.75, 3.05) is 20.7 Å². The van der Waals surface area contributed by atoms with E-state index in [4.69, 9.17) is 10.5 Å². The van der Waals surface area contributed by atoms with E-state index in [1.54, 1.807) is 32.4 Å². The number of nitrogens with two attached hydrogens (primary N) is 1. The molecule has 6 nitrogen and oxygen atoms in total.